The molecule has 1 saturated heterocycles. The van der Waals surface area contributed by atoms with Crippen molar-refractivity contribution < 1.29 is 18.0 Å². The second kappa shape index (κ2) is 8.71. The highest BCUT2D eigenvalue weighted by atomic mass is 19.4. The molecule has 2 aromatic rings. The summed E-state index contributed by atoms with van der Waals surface area (Å²) in [5, 5.41) is 6.36. The van der Waals surface area contributed by atoms with Gasteiger partial charge in [-0.3, -0.25) is 4.57 Å². The maximum absolute atomic E-state index is 12.9. The third kappa shape index (κ3) is 4.99. The number of aromatic nitrogens is 3. The number of nitrogens with one attached hydrogen (secondary N) is 1. The van der Waals surface area contributed by atoms with E-state index in [4.69, 9.17) is 0 Å². The van der Waals surface area contributed by atoms with Crippen LogP contribution in [0.5, 0.6) is 0 Å². The molecule has 3 rings (SSSR count). The zero-order valence-electron chi connectivity index (χ0n) is 16.2. The molecule has 10 heteroatoms. The smallest absolute Gasteiger partial charge is 0.338 e. The normalized spacial score (nSPS) is 15.5. The molecule has 0 saturated carbocycles. The van der Waals surface area contributed by atoms with Crippen LogP contribution in [0.3, 0.4) is 0 Å². The van der Waals surface area contributed by atoms with Gasteiger partial charge < -0.3 is 10.2 Å². The molecule has 158 valence electrons. The molecule has 2 heterocycles. The molecule has 0 unspecified atom stereocenters. The van der Waals surface area contributed by atoms with Gasteiger partial charge in [-0.15, -0.1) is 5.10 Å². The first-order chi connectivity index (χ1) is 13.8. The summed E-state index contributed by atoms with van der Waals surface area (Å²) < 4.78 is 40.2. The number of aryl methyl sites for hydroxylation is 1. The van der Waals surface area contributed by atoms with Crippen LogP contribution >= 0.6 is 0 Å². The zero-order valence-corrected chi connectivity index (χ0v) is 16.2. The Labute approximate surface area is 166 Å². The van der Waals surface area contributed by atoms with Crippen LogP contribution in [0, 0.1) is 0 Å². The summed E-state index contributed by atoms with van der Waals surface area (Å²) in [6, 6.07) is 9.34. The molecular weight excluding hydrogens is 387 g/mol. The Kier molecular flexibility index (Phi) is 6.29. The number of alkyl halides is 3. The molecule has 0 bridgehead atoms. The second-order valence-corrected chi connectivity index (χ2v) is 7.15. The van der Waals surface area contributed by atoms with Gasteiger partial charge in [0.15, 0.2) is 0 Å². The van der Waals surface area contributed by atoms with Crippen molar-refractivity contribution >= 4 is 6.03 Å². The number of hydrogen-bond donors (Lipinski definition) is 1. The number of carbonyl (C=O) groups excluding carboxylic acids is 1. The molecule has 0 radical (unpaired) electrons. The van der Waals surface area contributed by atoms with Crippen molar-refractivity contribution in [2.45, 2.75) is 37.9 Å². The average Bonchev–Trinajstić information content (AvgIpc) is 3.01. The molecule has 1 aliphatic heterocycles. The van der Waals surface area contributed by atoms with Crippen molar-refractivity contribution in [2.24, 2.45) is 7.05 Å². The number of benzene rings is 1. The van der Waals surface area contributed by atoms with Crippen LogP contribution in [0.15, 0.2) is 35.1 Å². The minimum atomic E-state index is -4.68. The molecule has 0 aliphatic carbocycles. The van der Waals surface area contributed by atoms with E-state index >= 15 is 0 Å². The molecule has 0 atom stereocenters. The number of nitrogens with zero attached hydrogens (tertiary/aromatic N) is 4. The van der Waals surface area contributed by atoms with Gasteiger partial charge in [-0.2, -0.15) is 13.2 Å². The molecule has 29 heavy (non-hydrogen) atoms. The number of amides is 2. The summed E-state index contributed by atoms with van der Waals surface area (Å²) in [7, 11) is 1.06. The summed E-state index contributed by atoms with van der Waals surface area (Å²) >= 11 is 0. The van der Waals surface area contributed by atoms with Crippen LogP contribution < -0.4 is 11.0 Å². The first-order valence-corrected chi connectivity index (χ1v) is 9.57. The Hall–Kier alpha value is -2.78. The number of rotatable bonds is 5. The van der Waals surface area contributed by atoms with Crippen molar-refractivity contribution in [3.05, 3.63) is 52.2 Å². The third-order valence-corrected chi connectivity index (χ3v) is 5.12. The molecule has 0 spiro atoms. The predicted molar refractivity (Wildman–Crippen MR) is 100 cm³/mol. The number of likely N-dealkylation sites (tertiary alicyclic amines) is 1. The minimum Gasteiger partial charge on any atom is -0.338 e. The summed E-state index contributed by atoms with van der Waals surface area (Å²) in [6.45, 7) is 1.27. The van der Waals surface area contributed by atoms with Gasteiger partial charge in [-0.05, 0) is 31.2 Å². The van der Waals surface area contributed by atoms with E-state index in [9.17, 15) is 22.8 Å². The molecule has 2 amide bonds. The maximum Gasteiger partial charge on any atom is 0.451 e. The summed E-state index contributed by atoms with van der Waals surface area (Å²) in [5.41, 5.74) is 0.419. The van der Waals surface area contributed by atoms with E-state index in [1.54, 1.807) is 4.90 Å². The van der Waals surface area contributed by atoms with E-state index in [-0.39, 0.29) is 6.03 Å². The van der Waals surface area contributed by atoms with Crippen LogP contribution in [0.1, 0.15) is 36.7 Å². The van der Waals surface area contributed by atoms with Crippen molar-refractivity contribution in [1.29, 1.82) is 0 Å². The van der Waals surface area contributed by atoms with Crippen LogP contribution in [-0.2, 0) is 19.6 Å². The van der Waals surface area contributed by atoms with Gasteiger partial charge in [0.1, 0.15) is 0 Å². The standard InChI is InChI=1S/C19H24F3N5O2/c1-25-16(19(20,21)22)24-27(18(25)29)15-9-12-26(13-10-15)17(28)23-11-5-8-14-6-3-2-4-7-14/h2-4,6-7,15H,5,8-13H2,1H3,(H,23,28). The second-order valence-electron chi connectivity index (χ2n) is 7.15. The molecule has 1 fully saturated rings. The fourth-order valence-corrected chi connectivity index (χ4v) is 3.50. The van der Waals surface area contributed by atoms with Gasteiger partial charge in [-0.25, -0.2) is 14.3 Å². The van der Waals surface area contributed by atoms with Crippen molar-refractivity contribution in [2.75, 3.05) is 19.6 Å². The fourth-order valence-electron chi connectivity index (χ4n) is 3.50. The van der Waals surface area contributed by atoms with E-state index in [1.807, 2.05) is 30.3 Å². The molecular formula is C19H24F3N5O2. The lowest BCUT2D eigenvalue weighted by molar-refractivity contribution is -0.147. The van der Waals surface area contributed by atoms with E-state index in [2.05, 4.69) is 10.4 Å². The van der Waals surface area contributed by atoms with Crippen LogP contribution in [0.25, 0.3) is 0 Å². The highest BCUT2D eigenvalue weighted by Gasteiger charge is 2.39. The van der Waals surface area contributed by atoms with E-state index in [1.165, 1.54) is 5.56 Å². The third-order valence-electron chi connectivity index (χ3n) is 5.12. The topological polar surface area (TPSA) is 72.2 Å². The number of urea groups is 1. The van der Waals surface area contributed by atoms with Crippen LogP contribution in [0.2, 0.25) is 0 Å². The summed E-state index contributed by atoms with van der Waals surface area (Å²) in [6.07, 6.45) is -2.24. The Morgan fingerprint density at radius 3 is 2.45 bits per heavy atom. The summed E-state index contributed by atoms with van der Waals surface area (Å²) in [5.74, 6) is -1.21. The van der Waals surface area contributed by atoms with Crippen molar-refractivity contribution in [3.8, 4) is 0 Å². The molecule has 1 aliphatic rings. The van der Waals surface area contributed by atoms with Gasteiger partial charge in [0.25, 0.3) is 0 Å². The highest BCUT2D eigenvalue weighted by Crippen LogP contribution is 2.28. The maximum atomic E-state index is 12.9. The van der Waals surface area contributed by atoms with Crippen molar-refractivity contribution in [1.82, 2.24) is 24.6 Å². The summed E-state index contributed by atoms with van der Waals surface area (Å²) in [4.78, 5) is 26.0. The molecule has 1 N–H and O–H groups in total. The van der Waals surface area contributed by atoms with E-state index in [0.717, 1.165) is 24.6 Å². The number of piperidine rings is 1. The lowest BCUT2D eigenvalue weighted by Gasteiger charge is -2.31. The van der Waals surface area contributed by atoms with Crippen LogP contribution in [-0.4, -0.2) is 44.9 Å². The van der Waals surface area contributed by atoms with Gasteiger partial charge in [0, 0.05) is 26.7 Å². The van der Waals surface area contributed by atoms with Crippen LogP contribution in [0.4, 0.5) is 18.0 Å². The number of carbonyl (C=O) groups is 1. The lowest BCUT2D eigenvalue weighted by Crippen LogP contribution is -2.46. The SMILES string of the molecule is Cn1c(C(F)(F)F)nn(C2CCN(C(=O)NCCCc3ccccc3)CC2)c1=O. The lowest BCUT2D eigenvalue weighted by atomic mass is 10.1. The Morgan fingerprint density at radius 2 is 1.86 bits per heavy atom. The first-order valence-electron chi connectivity index (χ1n) is 9.57. The zero-order chi connectivity index (χ0) is 21.0. The Morgan fingerprint density at radius 1 is 1.21 bits per heavy atom. The van der Waals surface area contributed by atoms with E-state index in [0.29, 0.717) is 37.0 Å². The highest BCUT2D eigenvalue weighted by molar-refractivity contribution is 5.74. The minimum absolute atomic E-state index is 0.194. The van der Waals surface area contributed by atoms with Gasteiger partial charge >= 0.3 is 17.9 Å². The van der Waals surface area contributed by atoms with Gasteiger partial charge in [0.2, 0.25) is 5.82 Å². The van der Waals surface area contributed by atoms with E-state index < -0.39 is 23.7 Å². The average molecular weight is 411 g/mol. The predicted octanol–water partition coefficient (Wildman–Crippen LogP) is 2.58. The quantitative estimate of drug-likeness (QED) is 0.769. The molecule has 1 aromatic carbocycles. The monoisotopic (exact) mass is 411 g/mol. The molecule has 1 aromatic heterocycles. The first kappa shape index (κ1) is 20.9. The Bertz CT molecular complexity index is 883. The van der Waals surface area contributed by atoms with Gasteiger partial charge in [0.05, 0.1) is 6.04 Å². The van der Waals surface area contributed by atoms with Crippen molar-refractivity contribution in [3.63, 3.8) is 0 Å². The largest absolute Gasteiger partial charge is 0.451 e. The fraction of sp³-hybridized carbons (Fsp3) is 0.526. The molecule has 7 nitrogen and oxygen atoms in total. The Balaban J connectivity index is 1.48. The number of halogens is 3. The van der Waals surface area contributed by atoms with Gasteiger partial charge in [-0.1, -0.05) is 30.3 Å². The number of hydrogen-bond acceptors (Lipinski definition) is 3.